The Hall–Kier alpha value is -1.93. The summed E-state index contributed by atoms with van der Waals surface area (Å²) in [5, 5.41) is 9.08. The maximum atomic E-state index is 13.7. The Morgan fingerprint density at radius 2 is 1.92 bits per heavy atom. The summed E-state index contributed by atoms with van der Waals surface area (Å²) in [5.74, 6) is -1.48. The largest absolute Gasteiger partial charge is 0.496 e. The minimum absolute atomic E-state index is 0. The fourth-order valence-corrected chi connectivity index (χ4v) is 3.03. The van der Waals surface area contributed by atoms with E-state index in [4.69, 9.17) is 9.84 Å². The summed E-state index contributed by atoms with van der Waals surface area (Å²) in [5.41, 5.74) is 0.143. The molecule has 0 amide bonds. The zero-order chi connectivity index (χ0) is 18.9. The maximum absolute atomic E-state index is 13.7. The Labute approximate surface area is 155 Å². The molecule has 1 aromatic heterocycles. The molecule has 2 rings (SSSR count). The van der Waals surface area contributed by atoms with Crippen molar-refractivity contribution in [2.45, 2.75) is 26.1 Å². The molecule has 0 aliphatic rings. The lowest BCUT2D eigenvalue weighted by Crippen LogP contribution is -2.19. The molecule has 26 heavy (non-hydrogen) atoms. The molecular formula is C17H22ClF3N2O3. The highest BCUT2D eigenvalue weighted by molar-refractivity contribution is 5.93. The molecular weight excluding hydrogens is 373 g/mol. The molecule has 1 aromatic carbocycles. The molecule has 9 heteroatoms. The fraction of sp³-hybridized carbons (Fsp3) is 0.471. The lowest BCUT2D eigenvalue weighted by atomic mass is 10.0. The molecule has 0 aliphatic heterocycles. The van der Waals surface area contributed by atoms with E-state index in [1.807, 2.05) is 19.0 Å². The van der Waals surface area contributed by atoms with Gasteiger partial charge >= 0.3 is 12.1 Å². The van der Waals surface area contributed by atoms with E-state index in [0.717, 1.165) is 0 Å². The number of benzene rings is 1. The normalized spacial score (nSPS) is 11.7. The van der Waals surface area contributed by atoms with E-state index in [1.54, 1.807) is 17.6 Å². The lowest BCUT2D eigenvalue weighted by Gasteiger charge is -2.15. The van der Waals surface area contributed by atoms with Crippen LogP contribution in [0.4, 0.5) is 13.2 Å². The highest BCUT2D eigenvalue weighted by Crippen LogP contribution is 2.44. The molecule has 0 bridgehead atoms. The number of aliphatic carboxylic acids is 1. The van der Waals surface area contributed by atoms with E-state index < -0.39 is 24.1 Å². The van der Waals surface area contributed by atoms with E-state index in [1.165, 1.54) is 13.2 Å². The van der Waals surface area contributed by atoms with Crippen molar-refractivity contribution in [3.05, 3.63) is 29.0 Å². The number of methoxy groups -OCH3 is 1. The molecule has 5 nitrogen and oxygen atoms in total. The zero-order valence-electron chi connectivity index (χ0n) is 15.0. The van der Waals surface area contributed by atoms with Crippen LogP contribution in [0.1, 0.15) is 16.8 Å². The molecule has 0 spiro atoms. The number of ether oxygens (including phenoxy) is 1. The smallest absolute Gasteiger partial charge is 0.420 e. The quantitative estimate of drug-likeness (QED) is 0.813. The third kappa shape index (κ3) is 4.24. The third-order valence-electron chi connectivity index (χ3n) is 4.18. The minimum atomic E-state index is -4.65. The van der Waals surface area contributed by atoms with Crippen LogP contribution in [-0.4, -0.2) is 48.3 Å². The summed E-state index contributed by atoms with van der Waals surface area (Å²) in [6.45, 7) is 2.73. The number of likely N-dealkylation sites (N-methyl/N-ethyl adjacent to an activating group) is 1. The molecule has 0 atom stereocenters. The highest BCUT2D eigenvalue weighted by atomic mass is 35.5. The van der Waals surface area contributed by atoms with Crippen molar-refractivity contribution in [1.82, 2.24) is 9.47 Å². The van der Waals surface area contributed by atoms with Gasteiger partial charge in [-0.15, -0.1) is 12.4 Å². The Balaban J connectivity index is 0.00000338. The topological polar surface area (TPSA) is 54.7 Å². The SMILES string of the molecule is COc1ccc2c(c(CC(=O)O)c(C)n2CCN(C)C)c1C(F)(F)F.Cl. The van der Waals surface area contributed by atoms with Crippen LogP contribution in [-0.2, 0) is 23.9 Å². The van der Waals surface area contributed by atoms with Crippen LogP contribution in [0, 0.1) is 6.92 Å². The second-order valence-electron chi connectivity index (χ2n) is 6.12. The van der Waals surface area contributed by atoms with Gasteiger partial charge in [-0.2, -0.15) is 13.2 Å². The van der Waals surface area contributed by atoms with Crippen LogP contribution in [0.5, 0.6) is 5.75 Å². The standard InChI is InChI=1S/C17H21F3N2O3.ClH/c1-10-11(9-14(23)24)15-12(22(10)8-7-21(2)3)5-6-13(25-4)16(15)17(18,19)20;/h5-6H,7-9H2,1-4H3,(H,23,24);1H. The summed E-state index contributed by atoms with van der Waals surface area (Å²) in [6, 6.07) is 2.83. The summed E-state index contributed by atoms with van der Waals surface area (Å²) in [4.78, 5) is 13.1. The molecule has 146 valence electrons. The molecule has 0 saturated heterocycles. The molecule has 1 heterocycles. The van der Waals surface area contributed by atoms with Gasteiger partial charge < -0.3 is 19.3 Å². The number of aromatic nitrogens is 1. The first-order chi connectivity index (χ1) is 11.6. The van der Waals surface area contributed by atoms with E-state index in [2.05, 4.69) is 0 Å². The molecule has 1 N–H and O–H groups in total. The second kappa shape index (κ2) is 8.18. The number of nitrogens with zero attached hydrogens (tertiary/aromatic N) is 2. The second-order valence-corrected chi connectivity index (χ2v) is 6.12. The summed E-state index contributed by atoms with van der Waals surface area (Å²) < 4.78 is 47.7. The van der Waals surface area contributed by atoms with Crippen molar-refractivity contribution in [3.8, 4) is 5.75 Å². The molecule has 0 aliphatic carbocycles. The number of alkyl halides is 3. The molecule has 2 aromatic rings. The molecule has 0 unspecified atom stereocenters. The van der Waals surface area contributed by atoms with Gasteiger partial charge in [-0.05, 0) is 38.7 Å². The van der Waals surface area contributed by atoms with E-state index in [-0.39, 0.29) is 29.1 Å². The van der Waals surface area contributed by atoms with Crippen molar-refractivity contribution >= 4 is 29.3 Å². The van der Waals surface area contributed by atoms with Crippen LogP contribution < -0.4 is 4.74 Å². The number of hydrogen-bond acceptors (Lipinski definition) is 3. The zero-order valence-corrected chi connectivity index (χ0v) is 15.8. The molecule has 0 saturated carbocycles. The Morgan fingerprint density at radius 1 is 1.31 bits per heavy atom. The fourth-order valence-electron chi connectivity index (χ4n) is 3.03. The van der Waals surface area contributed by atoms with Crippen molar-refractivity contribution < 1.29 is 27.8 Å². The van der Waals surface area contributed by atoms with Gasteiger partial charge in [-0.25, -0.2) is 0 Å². The number of halogens is 4. The number of carbonyl (C=O) groups is 1. The highest BCUT2D eigenvalue weighted by Gasteiger charge is 2.38. The first-order valence-corrected chi connectivity index (χ1v) is 7.70. The van der Waals surface area contributed by atoms with Crippen LogP contribution in [0.2, 0.25) is 0 Å². The Morgan fingerprint density at radius 3 is 2.38 bits per heavy atom. The number of hydrogen-bond donors (Lipinski definition) is 1. The Kier molecular flexibility index (Phi) is 6.95. The average molecular weight is 395 g/mol. The van der Waals surface area contributed by atoms with Gasteiger partial charge in [0.25, 0.3) is 0 Å². The number of rotatable bonds is 6. The van der Waals surface area contributed by atoms with Gasteiger partial charge in [-0.1, -0.05) is 0 Å². The molecule has 0 radical (unpaired) electrons. The van der Waals surface area contributed by atoms with E-state index >= 15 is 0 Å². The average Bonchev–Trinajstić information content (AvgIpc) is 2.75. The van der Waals surface area contributed by atoms with Crippen molar-refractivity contribution in [1.29, 1.82) is 0 Å². The Bertz CT molecular complexity index is 801. The van der Waals surface area contributed by atoms with Crippen molar-refractivity contribution in [2.75, 3.05) is 27.7 Å². The number of fused-ring (bicyclic) bond motifs is 1. The number of carboxylic acids is 1. The summed E-state index contributed by atoms with van der Waals surface area (Å²) in [6.07, 6.45) is -5.13. The predicted octanol–water partition coefficient (Wildman–Crippen LogP) is 3.59. The van der Waals surface area contributed by atoms with Gasteiger partial charge in [0.1, 0.15) is 11.3 Å². The maximum Gasteiger partial charge on any atom is 0.420 e. The monoisotopic (exact) mass is 394 g/mol. The summed E-state index contributed by atoms with van der Waals surface area (Å²) in [7, 11) is 4.90. The first kappa shape index (κ1) is 22.1. The van der Waals surface area contributed by atoms with Gasteiger partial charge in [-0.3, -0.25) is 4.79 Å². The third-order valence-corrected chi connectivity index (χ3v) is 4.18. The van der Waals surface area contributed by atoms with Gasteiger partial charge in [0.2, 0.25) is 0 Å². The number of carboxylic acid groups (broad SMARTS) is 1. The minimum Gasteiger partial charge on any atom is -0.496 e. The summed E-state index contributed by atoms with van der Waals surface area (Å²) >= 11 is 0. The first-order valence-electron chi connectivity index (χ1n) is 7.70. The van der Waals surface area contributed by atoms with Gasteiger partial charge in [0.15, 0.2) is 0 Å². The predicted molar refractivity (Wildman–Crippen MR) is 95.4 cm³/mol. The van der Waals surface area contributed by atoms with Crippen LogP contribution >= 0.6 is 12.4 Å². The van der Waals surface area contributed by atoms with Crippen LogP contribution in [0.3, 0.4) is 0 Å². The van der Waals surface area contributed by atoms with Crippen molar-refractivity contribution in [3.63, 3.8) is 0 Å². The van der Waals surface area contributed by atoms with Crippen LogP contribution in [0.15, 0.2) is 12.1 Å². The van der Waals surface area contributed by atoms with E-state index in [9.17, 15) is 18.0 Å². The van der Waals surface area contributed by atoms with Gasteiger partial charge in [0, 0.05) is 29.7 Å². The van der Waals surface area contributed by atoms with E-state index in [0.29, 0.717) is 24.3 Å². The van der Waals surface area contributed by atoms with Crippen LogP contribution in [0.25, 0.3) is 10.9 Å². The molecule has 0 fully saturated rings. The lowest BCUT2D eigenvalue weighted by molar-refractivity contribution is -0.138. The van der Waals surface area contributed by atoms with Gasteiger partial charge in [0.05, 0.1) is 13.5 Å². The van der Waals surface area contributed by atoms with Crippen molar-refractivity contribution in [2.24, 2.45) is 0 Å².